The predicted molar refractivity (Wildman–Crippen MR) is 94.8 cm³/mol. The van der Waals surface area contributed by atoms with Crippen molar-refractivity contribution in [1.29, 1.82) is 0 Å². The molecule has 24 heavy (non-hydrogen) atoms. The molecule has 2 N–H and O–H groups in total. The number of nitrogens with one attached hydrogen (secondary N) is 2. The zero-order chi connectivity index (χ0) is 17.0. The molecule has 1 heterocycles. The van der Waals surface area contributed by atoms with Crippen LogP contribution in [0.5, 0.6) is 0 Å². The van der Waals surface area contributed by atoms with Crippen molar-refractivity contribution < 1.29 is 4.79 Å². The first-order chi connectivity index (χ1) is 11.6. The molecule has 1 aliphatic carbocycles. The van der Waals surface area contributed by atoms with Crippen molar-refractivity contribution in [3.63, 3.8) is 0 Å². The molecule has 2 atom stereocenters. The average molecular weight is 326 g/mol. The Bertz CT molecular complexity index is 649. The van der Waals surface area contributed by atoms with E-state index in [1.807, 2.05) is 23.0 Å². The maximum Gasteiger partial charge on any atom is 0.233 e. The van der Waals surface area contributed by atoms with Crippen molar-refractivity contribution >= 4 is 5.91 Å². The van der Waals surface area contributed by atoms with E-state index in [9.17, 15) is 4.79 Å². The summed E-state index contributed by atoms with van der Waals surface area (Å²) in [5, 5.41) is 10.6. The van der Waals surface area contributed by atoms with Gasteiger partial charge in [-0.3, -0.25) is 9.48 Å². The molecule has 5 nitrogen and oxygen atoms in total. The molecule has 1 aromatic heterocycles. The number of rotatable bonds is 8. The van der Waals surface area contributed by atoms with Crippen molar-refractivity contribution in [2.24, 2.45) is 0 Å². The van der Waals surface area contributed by atoms with Gasteiger partial charge in [0, 0.05) is 30.4 Å². The van der Waals surface area contributed by atoms with Crippen LogP contribution in [0.3, 0.4) is 0 Å². The number of amides is 1. The number of hydrogen-bond donors (Lipinski definition) is 2. The predicted octanol–water partition coefficient (Wildman–Crippen LogP) is 2.27. The third-order valence-corrected chi connectivity index (χ3v) is 5.11. The van der Waals surface area contributed by atoms with Crippen LogP contribution < -0.4 is 10.6 Å². The molecule has 1 aliphatic rings. The summed E-state index contributed by atoms with van der Waals surface area (Å²) in [5.41, 5.74) is 1.49. The second kappa shape index (κ2) is 7.18. The number of aromatic nitrogens is 2. The molecule has 2 aromatic rings. The van der Waals surface area contributed by atoms with Gasteiger partial charge in [0.15, 0.2) is 0 Å². The van der Waals surface area contributed by atoms with Gasteiger partial charge >= 0.3 is 0 Å². The molecule has 0 bridgehead atoms. The van der Waals surface area contributed by atoms with E-state index in [1.54, 1.807) is 6.20 Å². The molecule has 0 spiro atoms. The summed E-state index contributed by atoms with van der Waals surface area (Å²) < 4.78 is 1.91. The highest BCUT2D eigenvalue weighted by Gasteiger charge is 2.44. The van der Waals surface area contributed by atoms with Crippen molar-refractivity contribution in [2.75, 3.05) is 13.1 Å². The standard InChI is InChI=1S/C19H26N4O/c1-15(16(2)23-12-6-11-22-23)20-13-18(24)21-14-19(9-10-19)17-7-4-3-5-8-17/h3-8,11-12,15-16,20H,9-10,13-14H2,1-2H3,(H,21,24)/t15-,16+/m0/s1. The molecule has 0 aliphatic heterocycles. The third kappa shape index (κ3) is 3.85. The molecule has 1 amide bonds. The first-order valence-electron chi connectivity index (χ1n) is 8.65. The Morgan fingerprint density at radius 1 is 1.25 bits per heavy atom. The van der Waals surface area contributed by atoms with Gasteiger partial charge in [-0.1, -0.05) is 30.3 Å². The lowest BCUT2D eigenvalue weighted by Gasteiger charge is -2.22. The van der Waals surface area contributed by atoms with E-state index in [4.69, 9.17) is 0 Å². The minimum Gasteiger partial charge on any atom is -0.354 e. The molecule has 0 unspecified atom stereocenters. The molecule has 0 radical (unpaired) electrons. The molecule has 3 rings (SSSR count). The smallest absolute Gasteiger partial charge is 0.233 e. The highest BCUT2D eigenvalue weighted by atomic mass is 16.1. The van der Waals surface area contributed by atoms with Gasteiger partial charge in [0.1, 0.15) is 0 Å². The van der Waals surface area contributed by atoms with Crippen LogP contribution in [0.4, 0.5) is 0 Å². The summed E-state index contributed by atoms with van der Waals surface area (Å²) in [6.07, 6.45) is 6.02. The normalized spacial score (nSPS) is 17.9. The van der Waals surface area contributed by atoms with E-state index < -0.39 is 0 Å². The van der Waals surface area contributed by atoms with Gasteiger partial charge in [0.05, 0.1) is 12.6 Å². The quantitative estimate of drug-likeness (QED) is 0.782. The maximum absolute atomic E-state index is 12.2. The fourth-order valence-electron chi connectivity index (χ4n) is 3.02. The van der Waals surface area contributed by atoms with Crippen LogP contribution in [0.2, 0.25) is 0 Å². The van der Waals surface area contributed by atoms with E-state index in [0.717, 1.165) is 19.4 Å². The minimum atomic E-state index is 0.0525. The summed E-state index contributed by atoms with van der Waals surface area (Å²) in [5.74, 6) is 0.0525. The topological polar surface area (TPSA) is 59.0 Å². The molecular formula is C19H26N4O. The van der Waals surface area contributed by atoms with Crippen molar-refractivity contribution in [3.8, 4) is 0 Å². The van der Waals surface area contributed by atoms with Gasteiger partial charge in [-0.15, -0.1) is 0 Å². The van der Waals surface area contributed by atoms with Gasteiger partial charge < -0.3 is 10.6 Å². The van der Waals surface area contributed by atoms with E-state index in [-0.39, 0.29) is 23.4 Å². The summed E-state index contributed by atoms with van der Waals surface area (Å²) in [7, 11) is 0. The van der Waals surface area contributed by atoms with E-state index in [2.05, 4.69) is 53.8 Å². The van der Waals surface area contributed by atoms with Gasteiger partial charge in [0.25, 0.3) is 0 Å². The van der Waals surface area contributed by atoms with Crippen LogP contribution in [-0.4, -0.2) is 34.8 Å². The third-order valence-electron chi connectivity index (χ3n) is 5.11. The highest BCUT2D eigenvalue weighted by Crippen LogP contribution is 2.47. The highest BCUT2D eigenvalue weighted by molar-refractivity contribution is 5.78. The number of carbonyl (C=O) groups excluding carboxylic acids is 1. The Morgan fingerprint density at radius 3 is 2.62 bits per heavy atom. The second-order valence-corrected chi connectivity index (χ2v) is 6.82. The lowest BCUT2D eigenvalue weighted by Crippen LogP contribution is -2.43. The molecule has 1 aromatic carbocycles. The van der Waals surface area contributed by atoms with Gasteiger partial charge in [-0.25, -0.2) is 0 Å². The molecular weight excluding hydrogens is 300 g/mol. The molecule has 5 heteroatoms. The summed E-state index contributed by atoms with van der Waals surface area (Å²) >= 11 is 0. The van der Waals surface area contributed by atoms with Gasteiger partial charge in [0.2, 0.25) is 5.91 Å². The summed E-state index contributed by atoms with van der Waals surface area (Å²) in [6.45, 7) is 5.22. The van der Waals surface area contributed by atoms with Crippen molar-refractivity contribution in [1.82, 2.24) is 20.4 Å². The molecule has 1 saturated carbocycles. The first kappa shape index (κ1) is 16.7. The molecule has 128 valence electrons. The van der Waals surface area contributed by atoms with Crippen molar-refractivity contribution in [3.05, 3.63) is 54.4 Å². The zero-order valence-corrected chi connectivity index (χ0v) is 14.4. The Kier molecular flexibility index (Phi) is 5.00. The number of hydrogen-bond acceptors (Lipinski definition) is 3. The number of nitrogens with zero attached hydrogens (tertiary/aromatic N) is 2. The Morgan fingerprint density at radius 2 is 2.00 bits per heavy atom. The van der Waals surface area contributed by atoms with Crippen molar-refractivity contribution in [2.45, 2.75) is 44.2 Å². The monoisotopic (exact) mass is 326 g/mol. The van der Waals surface area contributed by atoms with Crippen LogP contribution >= 0.6 is 0 Å². The lowest BCUT2D eigenvalue weighted by atomic mass is 9.96. The van der Waals surface area contributed by atoms with E-state index in [0.29, 0.717) is 6.54 Å². The van der Waals surface area contributed by atoms with Crippen LogP contribution in [0.1, 0.15) is 38.3 Å². The Balaban J connectivity index is 1.43. The minimum absolute atomic E-state index is 0.0525. The number of carbonyl (C=O) groups is 1. The van der Waals surface area contributed by atoms with E-state index >= 15 is 0 Å². The molecule has 1 fully saturated rings. The first-order valence-corrected chi connectivity index (χ1v) is 8.65. The van der Waals surface area contributed by atoms with Gasteiger partial charge in [-0.2, -0.15) is 5.10 Å². The Hall–Kier alpha value is -2.14. The second-order valence-electron chi connectivity index (χ2n) is 6.82. The van der Waals surface area contributed by atoms with Crippen LogP contribution in [-0.2, 0) is 10.2 Å². The van der Waals surface area contributed by atoms with Crippen LogP contribution in [0.15, 0.2) is 48.8 Å². The van der Waals surface area contributed by atoms with Crippen LogP contribution in [0, 0.1) is 0 Å². The zero-order valence-electron chi connectivity index (χ0n) is 14.4. The number of benzene rings is 1. The average Bonchev–Trinajstić information content (AvgIpc) is 3.21. The van der Waals surface area contributed by atoms with E-state index in [1.165, 1.54) is 5.56 Å². The molecule has 0 saturated heterocycles. The van der Waals surface area contributed by atoms with Gasteiger partial charge in [-0.05, 0) is 38.3 Å². The SMILES string of the molecule is C[C@H](NCC(=O)NCC1(c2ccccc2)CC1)[C@@H](C)n1cccn1. The maximum atomic E-state index is 12.2. The van der Waals surface area contributed by atoms with Crippen LogP contribution in [0.25, 0.3) is 0 Å². The fraction of sp³-hybridized carbons (Fsp3) is 0.474. The Labute approximate surface area is 143 Å². The lowest BCUT2D eigenvalue weighted by molar-refractivity contribution is -0.120. The fourth-order valence-corrected chi connectivity index (χ4v) is 3.02. The largest absolute Gasteiger partial charge is 0.354 e. The summed E-state index contributed by atoms with van der Waals surface area (Å²) in [4.78, 5) is 12.2. The summed E-state index contributed by atoms with van der Waals surface area (Å²) in [6, 6.07) is 12.8.